The lowest BCUT2D eigenvalue weighted by Gasteiger charge is -2.39. The van der Waals surface area contributed by atoms with Crippen molar-refractivity contribution in [2.24, 2.45) is 5.73 Å². The molecule has 0 aromatic rings. The van der Waals surface area contributed by atoms with E-state index in [-0.39, 0.29) is 5.54 Å². The molecular weight excluding hydrogens is 164 g/mol. The highest BCUT2D eigenvalue weighted by Gasteiger charge is 2.42. The van der Waals surface area contributed by atoms with Gasteiger partial charge in [0.2, 0.25) is 0 Å². The highest BCUT2D eigenvalue weighted by Crippen LogP contribution is 2.32. The van der Waals surface area contributed by atoms with E-state index in [4.69, 9.17) is 10.5 Å². The van der Waals surface area contributed by atoms with Gasteiger partial charge in [-0.25, -0.2) is 0 Å². The topological polar surface area (TPSA) is 38.5 Å². The summed E-state index contributed by atoms with van der Waals surface area (Å²) in [6.07, 6.45) is 3.76. The maximum atomic E-state index is 5.89. The zero-order valence-electron chi connectivity index (χ0n) is 8.46. The van der Waals surface area contributed by atoms with Gasteiger partial charge in [-0.05, 0) is 32.7 Å². The van der Waals surface area contributed by atoms with Gasteiger partial charge in [-0.2, -0.15) is 0 Å². The molecule has 76 valence electrons. The zero-order chi connectivity index (χ0) is 9.31. The second kappa shape index (κ2) is 3.56. The van der Waals surface area contributed by atoms with E-state index in [0.717, 1.165) is 26.2 Å². The smallest absolute Gasteiger partial charge is 0.0663 e. The van der Waals surface area contributed by atoms with E-state index in [0.29, 0.717) is 6.04 Å². The van der Waals surface area contributed by atoms with Crippen LogP contribution < -0.4 is 5.73 Å². The molecule has 2 aliphatic heterocycles. The quantitative estimate of drug-likeness (QED) is 0.682. The van der Waals surface area contributed by atoms with Gasteiger partial charge in [-0.1, -0.05) is 0 Å². The Bertz CT molecular complexity index is 178. The molecule has 2 heterocycles. The first kappa shape index (κ1) is 9.44. The van der Waals surface area contributed by atoms with Gasteiger partial charge in [0.15, 0.2) is 0 Å². The average molecular weight is 184 g/mol. The van der Waals surface area contributed by atoms with E-state index in [9.17, 15) is 0 Å². The number of rotatable bonds is 2. The van der Waals surface area contributed by atoms with Crippen LogP contribution in [0.25, 0.3) is 0 Å². The van der Waals surface area contributed by atoms with E-state index in [1.165, 1.54) is 19.4 Å². The van der Waals surface area contributed by atoms with Gasteiger partial charge in [0.05, 0.1) is 12.1 Å². The lowest BCUT2D eigenvalue weighted by Crippen LogP contribution is -2.55. The summed E-state index contributed by atoms with van der Waals surface area (Å²) in [6.45, 7) is 6.00. The van der Waals surface area contributed by atoms with Gasteiger partial charge < -0.3 is 10.5 Å². The van der Waals surface area contributed by atoms with Crippen molar-refractivity contribution in [1.82, 2.24) is 4.90 Å². The number of ether oxygens (including phenoxy) is 1. The lowest BCUT2D eigenvalue weighted by atomic mass is 9.95. The molecular formula is C10H20N2O. The molecule has 0 aromatic heterocycles. The molecule has 2 rings (SSSR count). The highest BCUT2D eigenvalue weighted by molar-refractivity contribution is 4.99. The largest absolute Gasteiger partial charge is 0.379 e. The molecule has 2 fully saturated rings. The second-order valence-electron chi connectivity index (χ2n) is 4.42. The van der Waals surface area contributed by atoms with Crippen LogP contribution in [0.2, 0.25) is 0 Å². The summed E-state index contributed by atoms with van der Waals surface area (Å²) in [5, 5.41) is 0. The molecule has 13 heavy (non-hydrogen) atoms. The number of nitrogens with zero attached hydrogens (tertiary/aromatic N) is 1. The number of hydrogen-bond donors (Lipinski definition) is 1. The SMILES string of the molecule is CC1CCCN1C1(CN)CCOC1. The molecule has 0 bridgehead atoms. The average Bonchev–Trinajstić information content (AvgIpc) is 2.73. The zero-order valence-corrected chi connectivity index (χ0v) is 8.46. The third-order valence-corrected chi connectivity index (χ3v) is 3.62. The fourth-order valence-corrected chi connectivity index (χ4v) is 2.74. The van der Waals surface area contributed by atoms with Crippen LogP contribution in [-0.4, -0.2) is 42.8 Å². The van der Waals surface area contributed by atoms with Gasteiger partial charge in [0, 0.05) is 19.2 Å². The summed E-state index contributed by atoms with van der Waals surface area (Å²) < 4.78 is 5.49. The Labute approximate surface area is 80.2 Å². The van der Waals surface area contributed by atoms with Gasteiger partial charge in [0.1, 0.15) is 0 Å². The molecule has 2 unspecified atom stereocenters. The van der Waals surface area contributed by atoms with Crippen molar-refractivity contribution in [3.63, 3.8) is 0 Å². The minimum absolute atomic E-state index is 0.177. The standard InChI is InChI=1S/C10H20N2O/c1-9-3-2-5-12(9)10(7-11)4-6-13-8-10/h9H,2-8,11H2,1H3. The lowest BCUT2D eigenvalue weighted by molar-refractivity contribution is 0.0668. The minimum atomic E-state index is 0.177. The van der Waals surface area contributed by atoms with Crippen LogP contribution in [-0.2, 0) is 4.74 Å². The molecule has 0 aliphatic carbocycles. The number of hydrogen-bond acceptors (Lipinski definition) is 3. The van der Waals surface area contributed by atoms with Crippen molar-refractivity contribution in [3.8, 4) is 0 Å². The predicted molar refractivity (Wildman–Crippen MR) is 52.6 cm³/mol. The van der Waals surface area contributed by atoms with Gasteiger partial charge in [-0.3, -0.25) is 4.90 Å². The van der Waals surface area contributed by atoms with Crippen LogP contribution >= 0.6 is 0 Å². The van der Waals surface area contributed by atoms with Crippen LogP contribution in [0.15, 0.2) is 0 Å². The maximum absolute atomic E-state index is 5.89. The summed E-state index contributed by atoms with van der Waals surface area (Å²) in [5.74, 6) is 0. The van der Waals surface area contributed by atoms with Crippen LogP contribution in [0.4, 0.5) is 0 Å². The molecule has 0 aromatic carbocycles. The molecule has 0 spiro atoms. The normalized spacial score (nSPS) is 41.5. The van der Waals surface area contributed by atoms with E-state index in [2.05, 4.69) is 11.8 Å². The number of likely N-dealkylation sites (tertiary alicyclic amines) is 1. The van der Waals surface area contributed by atoms with E-state index >= 15 is 0 Å². The molecule has 0 saturated carbocycles. The minimum Gasteiger partial charge on any atom is -0.379 e. The van der Waals surface area contributed by atoms with Crippen molar-refractivity contribution in [2.75, 3.05) is 26.3 Å². The molecule has 2 N–H and O–H groups in total. The van der Waals surface area contributed by atoms with Crippen molar-refractivity contribution >= 4 is 0 Å². The van der Waals surface area contributed by atoms with Crippen LogP contribution in [0, 0.1) is 0 Å². The Hall–Kier alpha value is -0.120. The molecule has 2 saturated heterocycles. The number of nitrogens with two attached hydrogens (primary N) is 1. The Kier molecular flexibility index (Phi) is 2.58. The van der Waals surface area contributed by atoms with E-state index < -0.39 is 0 Å². The molecule has 0 radical (unpaired) electrons. The summed E-state index contributed by atoms with van der Waals surface area (Å²) in [5.41, 5.74) is 6.07. The molecule has 3 heteroatoms. The summed E-state index contributed by atoms with van der Waals surface area (Å²) in [7, 11) is 0. The highest BCUT2D eigenvalue weighted by atomic mass is 16.5. The maximum Gasteiger partial charge on any atom is 0.0663 e. The van der Waals surface area contributed by atoms with E-state index in [1.807, 2.05) is 0 Å². The van der Waals surface area contributed by atoms with Crippen LogP contribution in [0.1, 0.15) is 26.2 Å². The molecule has 0 amide bonds. The molecule has 2 atom stereocenters. The van der Waals surface area contributed by atoms with Crippen molar-refractivity contribution in [1.29, 1.82) is 0 Å². The van der Waals surface area contributed by atoms with E-state index in [1.54, 1.807) is 0 Å². The monoisotopic (exact) mass is 184 g/mol. The predicted octanol–water partition coefficient (Wildman–Crippen LogP) is 0.588. The van der Waals surface area contributed by atoms with Gasteiger partial charge >= 0.3 is 0 Å². The Balaban J connectivity index is 2.10. The molecule has 3 nitrogen and oxygen atoms in total. The van der Waals surface area contributed by atoms with Gasteiger partial charge in [0.25, 0.3) is 0 Å². The Morgan fingerprint density at radius 1 is 1.62 bits per heavy atom. The Morgan fingerprint density at radius 3 is 2.92 bits per heavy atom. The fourth-order valence-electron chi connectivity index (χ4n) is 2.74. The third kappa shape index (κ3) is 1.49. The van der Waals surface area contributed by atoms with Crippen molar-refractivity contribution < 1.29 is 4.74 Å². The summed E-state index contributed by atoms with van der Waals surface area (Å²) in [4.78, 5) is 2.57. The first-order valence-corrected chi connectivity index (χ1v) is 5.33. The van der Waals surface area contributed by atoms with Crippen LogP contribution in [0.5, 0.6) is 0 Å². The van der Waals surface area contributed by atoms with Gasteiger partial charge in [-0.15, -0.1) is 0 Å². The van der Waals surface area contributed by atoms with Crippen molar-refractivity contribution in [2.45, 2.75) is 37.8 Å². The summed E-state index contributed by atoms with van der Waals surface area (Å²) >= 11 is 0. The van der Waals surface area contributed by atoms with Crippen LogP contribution in [0.3, 0.4) is 0 Å². The fraction of sp³-hybridized carbons (Fsp3) is 1.00. The first-order valence-electron chi connectivity index (χ1n) is 5.33. The third-order valence-electron chi connectivity index (χ3n) is 3.62. The first-order chi connectivity index (χ1) is 6.28. The van der Waals surface area contributed by atoms with Crippen molar-refractivity contribution in [3.05, 3.63) is 0 Å². The molecule has 2 aliphatic rings. The second-order valence-corrected chi connectivity index (χ2v) is 4.42. The summed E-state index contributed by atoms with van der Waals surface area (Å²) in [6, 6.07) is 0.699. The Morgan fingerprint density at radius 2 is 2.46 bits per heavy atom.